The van der Waals surface area contributed by atoms with Crippen molar-refractivity contribution in [1.82, 2.24) is 0 Å². The van der Waals surface area contributed by atoms with Gasteiger partial charge in [0.1, 0.15) is 5.82 Å². The molecule has 0 fully saturated rings. The van der Waals surface area contributed by atoms with Gasteiger partial charge in [-0.1, -0.05) is 13.8 Å². The molecule has 0 aliphatic rings. The number of nitrogens with one attached hydrogen (secondary N) is 1. The monoisotopic (exact) mass is 245 g/mol. The Hall–Kier alpha value is -0.570. The quantitative estimate of drug-likeness (QED) is 0.858. The van der Waals surface area contributed by atoms with Crippen LogP contribution in [0, 0.1) is 11.7 Å². The van der Waals surface area contributed by atoms with Gasteiger partial charge >= 0.3 is 0 Å². The van der Waals surface area contributed by atoms with Crippen molar-refractivity contribution in [2.75, 3.05) is 11.9 Å². The maximum Gasteiger partial charge on any atom is 0.139 e. The van der Waals surface area contributed by atoms with Crippen LogP contribution in [0.2, 0.25) is 0 Å². The topological polar surface area (TPSA) is 12.0 Å². The molecule has 0 bridgehead atoms. The SMILES string of the molecule is CC(C)CNc1ccc(Br)c(F)c1. The Labute approximate surface area is 86.5 Å². The predicted octanol–water partition coefficient (Wildman–Crippen LogP) is 3.66. The average Bonchev–Trinajstić information content (AvgIpc) is 2.07. The average molecular weight is 246 g/mol. The fourth-order valence-corrected chi connectivity index (χ4v) is 1.17. The van der Waals surface area contributed by atoms with Gasteiger partial charge in [0.25, 0.3) is 0 Å². The van der Waals surface area contributed by atoms with E-state index in [4.69, 9.17) is 0 Å². The van der Waals surface area contributed by atoms with E-state index in [1.54, 1.807) is 6.07 Å². The summed E-state index contributed by atoms with van der Waals surface area (Å²) in [5, 5.41) is 3.15. The second-order valence-electron chi connectivity index (χ2n) is 3.40. The number of anilines is 1. The minimum Gasteiger partial charge on any atom is -0.385 e. The van der Waals surface area contributed by atoms with Gasteiger partial charge in [0, 0.05) is 12.2 Å². The Bertz CT molecular complexity index is 286. The van der Waals surface area contributed by atoms with Gasteiger partial charge < -0.3 is 5.32 Å². The number of halogens is 2. The first kappa shape index (κ1) is 10.5. The summed E-state index contributed by atoms with van der Waals surface area (Å²) in [6.07, 6.45) is 0. The maximum absolute atomic E-state index is 13.0. The standard InChI is InChI=1S/C10H13BrFN/c1-7(2)6-13-8-3-4-9(11)10(12)5-8/h3-5,7,13H,6H2,1-2H3. The van der Waals surface area contributed by atoms with Crippen LogP contribution in [0.1, 0.15) is 13.8 Å². The van der Waals surface area contributed by atoms with Crippen molar-refractivity contribution in [3.05, 3.63) is 28.5 Å². The summed E-state index contributed by atoms with van der Waals surface area (Å²) >= 11 is 3.11. The van der Waals surface area contributed by atoms with E-state index >= 15 is 0 Å². The molecule has 0 saturated heterocycles. The van der Waals surface area contributed by atoms with Crippen molar-refractivity contribution in [3.8, 4) is 0 Å². The highest BCUT2D eigenvalue weighted by Crippen LogP contribution is 2.19. The van der Waals surface area contributed by atoms with Crippen LogP contribution in [0.4, 0.5) is 10.1 Å². The van der Waals surface area contributed by atoms with Gasteiger partial charge in [0.2, 0.25) is 0 Å². The summed E-state index contributed by atoms with van der Waals surface area (Å²) in [6, 6.07) is 5.06. The number of hydrogen-bond acceptors (Lipinski definition) is 1. The molecular formula is C10H13BrFN. The molecule has 0 saturated carbocycles. The van der Waals surface area contributed by atoms with Crippen LogP contribution in [0.15, 0.2) is 22.7 Å². The van der Waals surface area contributed by atoms with Crippen molar-refractivity contribution in [2.45, 2.75) is 13.8 Å². The molecular weight excluding hydrogens is 233 g/mol. The first-order valence-electron chi connectivity index (χ1n) is 4.28. The highest BCUT2D eigenvalue weighted by atomic mass is 79.9. The lowest BCUT2D eigenvalue weighted by Crippen LogP contribution is -2.07. The molecule has 1 aromatic rings. The van der Waals surface area contributed by atoms with Crippen LogP contribution in [0.5, 0.6) is 0 Å². The zero-order chi connectivity index (χ0) is 9.84. The van der Waals surface area contributed by atoms with Gasteiger partial charge in [0.15, 0.2) is 0 Å². The van der Waals surface area contributed by atoms with Gasteiger partial charge in [-0.05, 0) is 40.0 Å². The molecule has 0 heterocycles. The molecule has 0 aliphatic heterocycles. The normalized spacial score (nSPS) is 10.5. The Morgan fingerprint density at radius 3 is 2.69 bits per heavy atom. The van der Waals surface area contributed by atoms with E-state index in [1.807, 2.05) is 6.07 Å². The molecule has 0 radical (unpaired) electrons. The van der Waals surface area contributed by atoms with Crippen molar-refractivity contribution in [1.29, 1.82) is 0 Å². The van der Waals surface area contributed by atoms with Crippen LogP contribution in [0.25, 0.3) is 0 Å². The largest absolute Gasteiger partial charge is 0.385 e. The maximum atomic E-state index is 13.0. The Balaban J connectivity index is 2.63. The zero-order valence-electron chi connectivity index (χ0n) is 7.77. The van der Waals surface area contributed by atoms with Gasteiger partial charge in [-0.3, -0.25) is 0 Å². The van der Waals surface area contributed by atoms with Crippen molar-refractivity contribution in [3.63, 3.8) is 0 Å². The van der Waals surface area contributed by atoms with Crippen molar-refractivity contribution < 1.29 is 4.39 Å². The van der Waals surface area contributed by atoms with Gasteiger partial charge in [0.05, 0.1) is 4.47 Å². The Morgan fingerprint density at radius 1 is 1.46 bits per heavy atom. The van der Waals surface area contributed by atoms with E-state index in [0.29, 0.717) is 10.4 Å². The molecule has 72 valence electrons. The molecule has 0 amide bonds. The van der Waals surface area contributed by atoms with Crippen LogP contribution < -0.4 is 5.32 Å². The lowest BCUT2D eigenvalue weighted by atomic mass is 10.2. The molecule has 0 unspecified atom stereocenters. The third-order valence-electron chi connectivity index (χ3n) is 1.63. The minimum atomic E-state index is -0.228. The third kappa shape index (κ3) is 3.35. The van der Waals surface area contributed by atoms with Gasteiger partial charge in [-0.15, -0.1) is 0 Å². The van der Waals surface area contributed by atoms with E-state index in [9.17, 15) is 4.39 Å². The lowest BCUT2D eigenvalue weighted by molar-refractivity contribution is 0.620. The van der Waals surface area contributed by atoms with Crippen LogP contribution in [0.3, 0.4) is 0 Å². The molecule has 0 aromatic heterocycles. The lowest BCUT2D eigenvalue weighted by Gasteiger charge is -2.08. The summed E-state index contributed by atoms with van der Waals surface area (Å²) in [7, 11) is 0. The zero-order valence-corrected chi connectivity index (χ0v) is 9.36. The molecule has 3 heteroatoms. The summed E-state index contributed by atoms with van der Waals surface area (Å²) in [5.74, 6) is 0.334. The van der Waals surface area contributed by atoms with Crippen molar-refractivity contribution in [2.24, 2.45) is 5.92 Å². The Morgan fingerprint density at radius 2 is 2.15 bits per heavy atom. The van der Waals surface area contributed by atoms with Gasteiger partial charge in [-0.25, -0.2) is 4.39 Å². The van der Waals surface area contributed by atoms with Crippen LogP contribution in [-0.2, 0) is 0 Å². The first-order valence-corrected chi connectivity index (χ1v) is 5.08. The van der Waals surface area contributed by atoms with Crippen LogP contribution in [-0.4, -0.2) is 6.54 Å². The second kappa shape index (κ2) is 4.61. The van der Waals surface area contributed by atoms with E-state index in [-0.39, 0.29) is 5.82 Å². The van der Waals surface area contributed by atoms with E-state index in [0.717, 1.165) is 12.2 Å². The fourth-order valence-electron chi connectivity index (χ4n) is 0.928. The van der Waals surface area contributed by atoms with E-state index in [2.05, 4.69) is 35.1 Å². The second-order valence-corrected chi connectivity index (χ2v) is 4.26. The van der Waals surface area contributed by atoms with E-state index < -0.39 is 0 Å². The molecule has 0 spiro atoms. The molecule has 1 nitrogen and oxygen atoms in total. The highest BCUT2D eigenvalue weighted by molar-refractivity contribution is 9.10. The summed E-state index contributed by atoms with van der Waals surface area (Å²) in [5.41, 5.74) is 0.828. The molecule has 0 aliphatic carbocycles. The molecule has 1 N–H and O–H groups in total. The third-order valence-corrected chi connectivity index (χ3v) is 2.28. The number of rotatable bonds is 3. The molecule has 1 rings (SSSR count). The predicted molar refractivity (Wildman–Crippen MR) is 57.4 cm³/mol. The molecule has 13 heavy (non-hydrogen) atoms. The summed E-state index contributed by atoms with van der Waals surface area (Å²) in [6.45, 7) is 5.09. The minimum absolute atomic E-state index is 0.228. The summed E-state index contributed by atoms with van der Waals surface area (Å²) < 4.78 is 13.5. The first-order chi connectivity index (χ1) is 6.09. The summed E-state index contributed by atoms with van der Waals surface area (Å²) in [4.78, 5) is 0. The van der Waals surface area contributed by atoms with Crippen LogP contribution >= 0.6 is 15.9 Å². The molecule has 0 atom stereocenters. The molecule has 1 aromatic carbocycles. The van der Waals surface area contributed by atoms with Crippen molar-refractivity contribution >= 4 is 21.6 Å². The fraction of sp³-hybridized carbons (Fsp3) is 0.400. The smallest absolute Gasteiger partial charge is 0.139 e. The number of hydrogen-bond donors (Lipinski definition) is 1. The van der Waals surface area contributed by atoms with E-state index in [1.165, 1.54) is 6.07 Å². The number of benzene rings is 1. The highest BCUT2D eigenvalue weighted by Gasteiger charge is 2.00. The van der Waals surface area contributed by atoms with Gasteiger partial charge in [-0.2, -0.15) is 0 Å². The Kier molecular flexibility index (Phi) is 3.72.